The van der Waals surface area contributed by atoms with Crippen LogP contribution in [0.3, 0.4) is 0 Å². The van der Waals surface area contributed by atoms with Gasteiger partial charge in [0.05, 0.1) is 6.10 Å². The van der Waals surface area contributed by atoms with Crippen molar-refractivity contribution in [1.82, 2.24) is 0 Å². The minimum atomic E-state index is -0.336. The van der Waals surface area contributed by atoms with E-state index in [4.69, 9.17) is 5.73 Å². The number of rotatable bonds is 6. The monoisotopic (exact) mass is 235 g/mol. The molecule has 0 heterocycles. The molecule has 17 heavy (non-hydrogen) atoms. The minimum absolute atomic E-state index is 0.0598. The van der Waals surface area contributed by atoms with Gasteiger partial charge < -0.3 is 10.8 Å². The summed E-state index contributed by atoms with van der Waals surface area (Å²) in [6, 6.07) is 8.31. The molecule has 3 atom stereocenters. The van der Waals surface area contributed by atoms with Crippen LogP contribution in [0, 0.1) is 12.8 Å². The fourth-order valence-corrected chi connectivity index (χ4v) is 2.07. The summed E-state index contributed by atoms with van der Waals surface area (Å²) >= 11 is 0. The summed E-state index contributed by atoms with van der Waals surface area (Å²) in [5.74, 6) is 0.606. The van der Waals surface area contributed by atoms with Gasteiger partial charge in [0.1, 0.15) is 0 Å². The molecule has 0 aliphatic heterocycles. The third-order valence-electron chi connectivity index (χ3n) is 3.56. The molecule has 0 fully saturated rings. The first kappa shape index (κ1) is 14.2. The van der Waals surface area contributed by atoms with E-state index >= 15 is 0 Å². The number of aliphatic hydroxyl groups excluding tert-OH is 1. The lowest BCUT2D eigenvalue weighted by Gasteiger charge is -2.24. The van der Waals surface area contributed by atoms with Gasteiger partial charge in [-0.1, -0.05) is 50.1 Å². The summed E-state index contributed by atoms with van der Waals surface area (Å²) in [5, 5.41) is 10.3. The van der Waals surface area contributed by atoms with Crippen LogP contribution in [0.1, 0.15) is 43.7 Å². The Morgan fingerprint density at radius 2 is 1.82 bits per heavy atom. The molecule has 0 aliphatic carbocycles. The van der Waals surface area contributed by atoms with Gasteiger partial charge >= 0.3 is 0 Å². The molecular weight excluding hydrogens is 210 g/mol. The van der Waals surface area contributed by atoms with E-state index in [1.165, 1.54) is 5.56 Å². The zero-order valence-corrected chi connectivity index (χ0v) is 11.2. The Bertz CT molecular complexity index is 320. The van der Waals surface area contributed by atoms with E-state index in [0.29, 0.717) is 12.5 Å². The maximum absolute atomic E-state index is 10.3. The number of benzene rings is 1. The van der Waals surface area contributed by atoms with Crippen molar-refractivity contribution < 1.29 is 5.11 Å². The molecule has 1 aromatic rings. The van der Waals surface area contributed by atoms with Crippen LogP contribution in [-0.4, -0.2) is 17.8 Å². The molecule has 1 rings (SSSR count). The third kappa shape index (κ3) is 4.14. The Balaban J connectivity index is 2.73. The Hall–Kier alpha value is -0.860. The number of aryl methyl sites for hydroxylation is 1. The molecule has 0 aromatic heterocycles. The summed E-state index contributed by atoms with van der Waals surface area (Å²) in [6.45, 7) is 6.89. The van der Waals surface area contributed by atoms with Gasteiger partial charge in [-0.25, -0.2) is 0 Å². The maximum atomic E-state index is 10.3. The lowest BCUT2D eigenvalue weighted by molar-refractivity contribution is 0.118. The van der Waals surface area contributed by atoms with Gasteiger partial charge in [0, 0.05) is 12.5 Å². The molecule has 0 radical (unpaired) electrons. The average molecular weight is 235 g/mol. The zero-order valence-electron chi connectivity index (χ0n) is 11.2. The molecule has 3 N–H and O–H groups in total. The van der Waals surface area contributed by atoms with E-state index in [1.54, 1.807) is 0 Å². The van der Waals surface area contributed by atoms with Crippen LogP contribution in [0.15, 0.2) is 24.3 Å². The predicted octanol–water partition coefficient (Wildman–Crippen LogP) is 2.83. The normalized spacial score (nSPS) is 16.5. The number of hydrogen-bond acceptors (Lipinski definition) is 2. The molecule has 2 heteroatoms. The summed E-state index contributed by atoms with van der Waals surface area (Å²) in [5.41, 5.74) is 8.19. The van der Waals surface area contributed by atoms with Crippen molar-refractivity contribution >= 4 is 0 Å². The first-order valence-corrected chi connectivity index (χ1v) is 6.53. The molecule has 3 unspecified atom stereocenters. The van der Waals surface area contributed by atoms with Crippen LogP contribution >= 0.6 is 0 Å². The molecule has 0 saturated heterocycles. The topological polar surface area (TPSA) is 46.2 Å². The molecule has 0 amide bonds. The first-order chi connectivity index (χ1) is 8.08. The number of aliphatic hydroxyl groups is 1. The van der Waals surface area contributed by atoms with E-state index in [0.717, 1.165) is 18.4 Å². The van der Waals surface area contributed by atoms with Gasteiger partial charge in [-0.15, -0.1) is 0 Å². The van der Waals surface area contributed by atoms with E-state index in [1.807, 2.05) is 0 Å². The minimum Gasteiger partial charge on any atom is -0.392 e. The molecule has 0 aliphatic rings. The smallest absolute Gasteiger partial charge is 0.0623 e. The second-order valence-electron chi connectivity index (χ2n) is 5.07. The first-order valence-electron chi connectivity index (χ1n) is 6.53. The van der Waals surface area contributed by atoms with Crippen molar-refractivity contribution in [3.05, 3.63) is 35.4 Å². The SMILES string of the molecule is CCC(C)CC(O)C(CN)c1ccc(C)cc1. The Kier molecular flexibility index (Phi) is 5.66. The largest absolute Gasteiger partial charge is 0.392 e. The lowest BCUT2D eigenvalue weighted by atomic mass is 9.87. The second-order valence-corrected chi connectivity index (χ2v) is 5.07. The highest BCUT2D eigenvalue weighted by Crippen LogP contribution is 2.24. The van der Waals surface area contributed by atoms with Crippen molar-refractivity contribution in [2.45, 2.75) is 45.6 Å². The van der Waals surface area contributed by atoms with E-state index < -0.39 is 0 Å². The summed E-state index contributed by atoms with van der Waals surface area (Å²) < 4.78 is 0. The van der Waals surface area contributed by atoms with Gasteiger partial charge in [-0.2, -0.15) is 0 Å². The highest BCUT2D eigenvalue weighted by molar-refractivity contribution is 5.25. The molecule has 0 spiro atoms. The van der Waals surface area contributed by atoms with Gasteiger partial charge in [0.15, 0.2) is 0 Å². The Morgan fingerprint density at radius 1 is 1.24 bits per heavy atom. The molecule has 0 bridgehead atoms. The quantitative estimate of drug-likeness (QED) is 0.796. The zero-order chi connectivity index (χ0) is 12.8. The van der Waals surface area contributed by atoms with E-state index in [9.17, 15) is 5.11 Å². The number of hydrogen-bond donors (Lipinski definition) is 2. The van der Waals surface area contributed by atoms with Crippen LogP contribution in [0.2, 0.25) is 0 Å². The molecule has 0 saturated carbocycles. The van der Waals surface area contributed by atoms with E-state index in [2.05, 4.69) is 45.0 Å². The van der Waals surface area contributed by atoms with Crippen LogP contribution in [0.25, 0.3) is 0 Å². The predicted molar refractivity (Wildman–Crippen MR) is 73.1 cm³/mol. The fourth-order valence-electron chi connectivity index (χ4n) is 2.07. The number of nitrogens with two attached hydrogens (primary N) is 1. The lowest BCUT2D eigenvalue weighted by Crippen LogP contribution is -2.27. The standard InChI is InChI=1S/C15H25NO/c1-4-11(2)9-15(17)14(10-16)13-7-5-12(3)6-8-13/h5-8,11,14-15,17H,4,9-10,16H2,1-3H3. The molecule has 1 aromatic carbocycles. The third-order valence-corrected chi connectivity index (χ3v) is 3.56. The van der Waals surface area contributed by atoms with Crippen LogP contribution in [0.4, 0.5) is 0 Å². The van der Waals surface area contributed by atoms with Crippen molar-refractivity contribution in [1.29, 1.82) is 0 Å². The highest BCUT2D eigenvalue weighted by atomic mass is 16.3. The van der Waals surface area contributed by atoms with Crippen molar-refractivity contribution in [3.63, 3.8) is 0 Å². The summed E-state index contributed by atoms with van der Waals surface area (Å²) in [6.07, 6.45) is 1.59. The summed E-state index contributed by atoms with van der Waals surface area (Å²) in [7, 11) is 0. The highest BCUT2D eigenvalue weighted by Gasteiger charge is 2.21. The van der Waals surface area contributed by atoms with Crippen LogP contribution in [0.5, 0.6) is 0 Å². The van der Waals surface area contributed by atoms with Crippen molar-refractivity contribution in [2.24, 2.45) is 11.7 Å². The van der Waals surface area contributed by atoms with Crippen molar-refractivity contribution in [3.8, 4) is 0 Å². The molecule has 96 valence electrons. The summed E-state index contributed by atoms with van der Waals surface area (Å²) in [4.78, 5) is 0. The average Bonchev–Trinajstić information content (AvgIpc) is 2.32. The fraction of sp³-hybridized carbons (Fsp3) is 0.600. The maximum Gasteiger partial charge on any atom is 0.0623 e. The Labute approximate surface area is 105 Å². The van der Waals surface area contributed by atoms with Crippen LogP contribution in [-0.2, 0) is 0 Å². The van der Waals surface area contributed by atoms with Gasteiger partial charge in [-0.05, 0) is 24.8 Å². The van der Waals surface area contributed by atoms with Crippen molar-refractivity contribution in [2.75, 3.05) is 6.54 Å². The van der Waals surface area contributed by atoms with Gasteiger partial charge in [-0.3, -0.25) is 0 Å². The Morgan fingerprint density at radius 3 is 2.29 bits per heavy atom. The molecular formula is C15H25NO. The molecule has 2 nitrogen and oxygen atoms in total. The van der Waals surface area contributed by atoms with E-state index in [-0.39, 0.29) is 12.0 Å². The van der Waals surface area contributed by atoms with Crippen LogP contribution < -0.4 is 5.73 Å². The van der Waals surface area contributed by atoms with Gasteiger partial charge in [0.25, 0.3) is 0 Å². The van der Waals surface area contributed by atoms with Gasteiger partial charge in [0.2, 0.25) is 0 Å². The second kappa shape index (κ2) is 6.77.